The van der Waals surface area contributed by atoms with E-state index < -0.39 is 18.5 Å². The number of ether oxygens (including phenoxy) is 1. The quantitative estimate of drug-likeness (QED) is 0.766. The van der Waals surface area contributed by atoms with Gasteiger partial charge < -0.3 is 9.64 Å². The molecular weight excluding hydrogens is 352 g/mol. The first-order valence-electron chi connectivity index (χ1n) is 7.39. The van der Waals surface area contributed by atoms with E-state index in [2.05, 4.69) is 0 Å². The Morgan fingerprint density at radius 3 is 2.62 bits per heavy atom. The minimum Gasteiger partial charge on any atom is -0.484 e. The smallest absolute Gasteiger partial charge is 0.401 e. The fourth-order valence-corrected chi connectivity index (χ4v) is 2.61. The predicted molar refractivity (Wildman–Crippen MR) is 80.6 cm³/mol. The second-order valence-corrected chi connectivity index (χ2v) is 5.90. The first kappa shape index (κ1) is 18.8. The van der Waals surface area contributed by atoms with Crippen molar-refractivity contribution in [3.63, 3.8) is 0 Å². The van der Waals surface area contributed by atoms with Crippen molar-refractivity contribution in [1.82, 2.24) is 9.80 Å². The molecule has 0 aliphatic carbocycles. The van der Waals surface area contributed by atoms with Crippen LogP contribution in [0.15, 0.2) is 18.2 Å². The lowest BCUT2D eigenvalue weighted by molar-refractivity contribution is -0.145. The molecule has 134 valence electrons. The molecule has 1 saturated heterocycles. The number of rotatable bonds is 4. The van der Waals surface area contributed by atoms with Crippen LogP contribution in [-0.4, -0.2) is 61.2 Å². The Morgan fingerprint density at radius 2 is 1.96 bits per heavy atom. The molecular formula is C15H17ClF4N2O2. The molecule has 0 atom stereocenters. The molecule has 1 aromatic carbocycles. The summed E-state index contributed by atoms with van der Waals surface area (Å²) < 4.78 is 55.6. The maximum absolute atomic E-state index is 13.0. The number of carbonyl (C=O) groups is 1. The van der Waals surface area contributed by atoms with Crippen molar-refractivity contribution in [2.75, 3.05) is 39.3 Å². The SMILES string of the molecule is O=C(COc1ccc(F)c(Cl)c1)N1CCCN(CC(F)(F)F)CC1. The molecule has 1 heterocycles. The minimum atomic E-state index is -4.25. The van der Waals surface area contributed by atoms with E-state index in [0.29, 0.717) is 13.0 Å². The van der Waals surface area contributed by atoms with Gasteiger partial charge in [0.05, 0.1) is 11.6 Å². The van der Waals surface area contributed by atoms with Gasteiger partial charge in [0.15, 0.2) is 6.61 Å². The number of hydrogen-bond acceptors (Lipinski definition) is 3. The van der Waals surface area contributed by atoms with E-state index in [1.165, 1.54) is 21.9 Å². The number of amides is 1. The Labute approximate surface area is 141 Å². The topological polar surface area (TPSA) is 32.8 Å². The van der Waals surface area contributed by atoms with Gasteiger partial charge in [0.2, 0.25) is 0 Å². The van der Waals surface area contributed by atoms with Crippen molar-refractivity contribution in [3.8, 4) is 5.75 Å². The van der Waals surface area contributed by atoms with E-state index >= 15 is 0 Å². The molecule has 0 radical (unpaired) electrons. The zero-order valence-corrected chi connectivity index (χ0v) is 13.5. The average Bonchev–Trinajstić information content (AvgIpc) is 2.72. The lowest BCUT2D eigenvalue weighted by Gasteiger charge is -2.22. The van der Waals surface area contributed by atoms with Crippen molar-refractivity contribution in [2.24, 2.45) is 0 Å². The maximum Gasteiger partial charge on any atom is 0.401 e. The molecule has 0 spiro atoms. The number of halogens is 5. The monoisotopic (exact) mass is 368 g/mol. The zero-order valence-electron chi connectivity index (χ0n) is 12.8. The Kier molecular flexibility index (Phi) is 6.28. The summed E-state index contributed by atoms with van der Waals surface area (Å²) in [5.74, 6) is -0.666. The fraction of sp³-hybridized carbons (Fsp3) is 0.533. The van der Waals surface area contributed by atoms with Gasteiger partial charge in [0.1, 0.15) is 11.6 Å². The summed E-state index contributed by atoms with van der Waals surface area (Å²) in [6.45, 7) is -0.213. The third kappa shape index (κ3) is 5.83. The van der Waals surface area contributed by atoms with Gasteiger partial charge in [0.25, 0.3) is 5.91 Å². The predicted octanol–water partition coefficient (Wildman–Crippen LogP) is 2.95. The molecule has 9 heteroatoms. The molecule has 1 amide bonds. The summed E-state index contributed by atoms with van der Waals surface area (Å²) in [5, 5.41) is -0.113. The maximum atomic E-state index is 13.0. The van der Waals surface area contributed by atoms with Gasteiger partial charge in [0, 0.05) is 32.2 Å². The van der Waals surface area contributed by atoms with Crippen LogP contribution in [0, 0.1) is 5.82 Å². The van der Waals surface area contributed by atoms with Gasteiger partial charge in [-0.15, -0.1) is 0 Å². The van der Waals surface area contributed by atoms with Crippen molar-refractivity contribution in [3.05, 3.63) is 29.0 Å². The van der Waals surface area contributed by atoms with E-state index in [1.54, 1.807) is 0 Å². The van der Waals surface area contributed by atoms with Crippen LogP contribution < -0.4 is 4.74 Å². The number of nitrogens with zero attached hydrogens (tertiary/aromatic N) is 2. The average molecular weight is 369 g/mol. The van der Waals surface area contributed by atoms with E-state index in [-0.39, 0.29) is 42.9 Å². The second-order valence-electron chi connectivity index (χ2n) is 5.49. The van der Waals surface area contributed by atoms with E-state index in [9.17, 15) is 22.4 Å². The van der Waals surface area contributed by atoms with Crippen molar-refractivity contribution in [2.45, 2.75) is 12.6 Å². The molecule has 24 heavy (non-hydrogen) atoms. The Balaban J connectivity index is 1.83. The van der Waals surface area contributed by atoms with Gasteiger partial charge in [-0.2, -0.15) is 13.2 Å². The lowest BCUT2D eigenvalue weighted by atomic mass is 10.3. The first-order chi connectivity index (χ1) is 11.2. The summed E-state index contributed by atoms with van der Waals surface area (Å²) in [6, 6.07) is 3.74. The molecule has 0 bridgehead atoms. The Bertz CT molecular complexity index is 583. The Hall–Kier alpha value is -1.54. The molecule has 0 unspecified atom stereocenters. The second kappa shape index (κ2) is 8.02. The van der Waals surface area contributed by atoms with E-state index in [4.69, 9.17) is 16.3 Å². The largest absolute Gasteiger partial charge is 0.484 e. The Morgan fingerprint density at radius 1 is 1.21 bits per heavy atom. The molecule has 4 nitrogen and oxygen atoms in total. The standard InChI is InChI=1S/C15H17ClF4N2O2/c16-12-8-11(2-3-13(12)17)24-9-14(23)22-5-1-4-21(6-7-22)10-15(18,19)20/h2-3,8H,1,4-7,9-10H2. The third-order valence-electron chi connectivity index (χ3n) is 3.60. The third-order valence-corrected chi connectivity index (χ3v) is 3.89. The van der Waals surface area contributed by atoms with Crippen LogP contribution in [-0.2, 0) is 4.79 Å². The summed E-state index contributed by atoms with van der Waals surface area (Å²) in [5.41, 5.74) is 0. The molecule has 1 aliphatic rings. The number of hydrogen-bond donors (Lipinski definition) is 0. The highest BCUT2D eigenvalue weighted by atomic mass is 35.5. The lowest BCUT2D eigenvalue weighted by Crippen LogP contribution is -2.40. The number of benzene rings is 1. The zero-order chi connectivity index (χ0) is 17.7. The van der Waals surface area contributed by atoms with Crippen molar-refractivity contribution < 1.29 is 27.1 Å². The van der Waals surface area contributed by atoms with Crippen LogP contribution in [0.3, 0.4) is 0 Å². The molecule has 2 rings (SSSR count). The van der Waals surface area contributed by atoms with Gasteiger partial charge in [-0.1, -0.05) is 11.6 Å². The normalized spacial score (nSPS) is 16.8. The van der Waals surface area contributed by atoms with Gasteiger partial charge in [-0.3, -0.25) is 9.69 Å². The minimum absolute atomic E-state index is 0.113. The molecule has 1 aliphatic heterocycles. The van der Waals surface area contributed by atoms with Crippen LogP contribution in [0.4, 0.5) is 17.6 Å². The van der Waals surface area contributed by atoms with Crippen LogP contribution in [0.2, 0.25) is 5.02 Å². The summed E-state index contributed by atoms with van der Waals surface area (Å²) in [7, 11) is 0. The molecule has 1 aromatic rings. The van der Waals surface area contributed by atoms with Crippen LogP contribution >= 0.6 is 11.6 Å². The summed E-state index contributed by atoms with van der Waals surface area (Å²) in [6.07, 6.45) is -3.78. The molecule has 0 saturated carbocycles. The van der Waals surface area contributed by atoms with Crippen LogP contribution in [0.5, 0.6) is 5.75 Å². The van der Waals surface area contributed by atoms with Gasteiger partial charge in [-0.05, 0) is 18.6 Å². The van der Waals surface area contributed by atoms with Gasteiger partial charge in [-0.25, -0.2) is 4.39 Å². The number of alkyl halides is 3. The fourth-order valence-electron chi connectivity index (χ4n) is 2.43. The van der Waals surface area contributed by atoms with Crippen molar-refractivity contribution in [1.29, 1.82) is 0 Å². The first-order valence-corrected chi connectivity index (χ1v) is 7.77. The highest BCUT2D eigenvalue weighted by Gasteiger charge is 2.31. The highest BCUT2D eigenvalue weighted by molar-refractivity contribution is 6.30. The highest BCUT2D eigenvalue weighted by Crippen LogP contribution is 2.21. The van der Waals surface area contributed by atoms with E-state index in [1.807, 2.05) is 0 Å². The van der Waals surface area contributed by atoms with Gasteiger partial charge >= 0.3 is 6.18 Å². The molecule has 0 aromatic heterocycles. The number of carbonyl (C=O) groups excluding carboxylic acids is 1. The molecule has 1 fully saturated rings. The van der Waals surface area contributed by atoms with Crippen LogP contribution in [0.1, 0.15) is 6.42 Å². The van der Waals surface area contributed by atoms with E-state index in [0.717, 1.165) is 6.07 Å². The van der Waals surface area contributed by atoms with Crippen molar-refractivity contribution >= 4 is 17.5 Å². The van der Waals surface area contributed by atoms with Crippen LogP contribution in [0.25, 0.3) is 0 Å². The summed E-state index contributed by atoms with van der Waals surface area (Å²) in [4.78, 5) is 14.9. The summed E-state index contributed by atoms with van der Waals surface area (Å²) >= 11 is 5.62. The molecule has 0 N–H and O–H groups in total.